The first-order chi connectivity index (χ1) is 7.63. The molecule has 16 heavy (non-hydrogen) atoms. The highest BCUT2D eigenvalue weighted by molar-refractivity contribution is 5.98. The Labute approximate surface area is 92.5 Å². The van der Waals surface area contributed by atoms with Gasteiger partial charge in [-0.25, -0.2) is 9.50 Å². The zero-order chi connectivity index (χ0) is 11.3. The first kappa shape index (κ1) is 9.45. The van der Waals surface area contributed by atoms with Gasteiger partial charge in [-0.15, -0.1) is 0 Å². The molecule has 2 aromatic rings. The van der Waals surface area contributed by atoms with Crippen molar-refractivity contribution in [1.29, 1.82) is 0 Å². The average Bonchev–Trinajstić information content (AvgIpc) is 2.54. The van der Waals surface area contributed by atoms with Gasteiger partial charge in [-0.3, -0.25) is 4.79 Å². The lowest BCUT2D eigenvalue weighted by Gasteiger charge is -2.18. The number of fused-ring (bicyclic) bond motifs is 2. The van der Waals surface area contributed by atoms with E-state index in [-0.39, 0.29) is 5.78 Å². The summed E-state index contributed by atoms with van der Waals surface area (Å²) in [5.41, 5.74) is 1.57. The fraction of sp³-hybridized carbons (Fsp3) is 0.455. The van der Waals surface area contributed by atoms with E-state index in [1.807, 2.05) is 6.92 Å². The Balaban J connectivity index is 2.25. The summed E-state index contributed by atoms with van der Waals surface area (Å²) in [5, 5.41) is 4.17. The summed E-state index contributed by atoms with van der Waals surface area (Å²) in [6, 6.07) is 0. The Morgan fingerprint density at radius 3 is 3.00 bits per heavy atom. The highest BCUT2D eigenvalue weighted by Gasteiger charge is 2.24. The number of aromatic nitrogens is 4. The molecule has 82 valence electrons. The van der Waals surface area contributed by atoms with Crippen LogP contribution in [0.5, 0.6) is 0 Å². The van der Waals surface area contributed by atoms with Gasteiger partial charge >= 0.3 is 0 Å². The largest absolute Gasteiger partial charge is 0.294 e. The second-order valence-corrected chi connectivity index (χ2v) is 4.44. The third-order valence-corrected chi connectivity index (χ3v) is 2.89. The van der Waals surface area contributed by atoms with Gasteiger partial charge in [0.2, 0.25) is 0 Å². The van der Waals surface area contributed by atoms with Crippen LogP contribution in [0.3, 0.4) is 0 Å². The van der Waals surface area contributed by atoms with Crippen LogP contribution in [-0.4, -0.2) is 25.4 Å². The second-order valence-electron chi connectivity index (χ2n) is 4.44. The van der Waals surface area contributed by atoms with Crippen LogP contribution in [0.2, 0.25) is 0 Å². The molecule has 3 rings (SSSR count). The van der Waals surface area contributed by atoms with Crippen molar-refractivity contribution in [2.24, 2.45) is 5.92 Å². The summed E-state index contributed by atoms with van der Waals surface area (Å²) < 4.78 is 1.59. The second kappa shape index (κ2) is 3.10. The van der Waals surface area contributed by atoms with Crippen LogP contribution in [-0.2, 0) is 6.42 Å². The van der Waals surface area contributed by atoms with Gasteiger partial charge in [-0.1, -0.05) is 6.92 Å². The van der Waals surface area contributed by atoms with Crippen molar-refractivity contribution in [1.82, 2.24) is 19.6 Å². The average molecular weight is 216 g/mol. The van der Waals surface area contributed by atoms with Gasteiger partial charge in [0.25, 0.3) is 5.78 Å². The van der Waals surface area contributed by atoms with Crippen molar-refractivity contribution in [3.63, 3.8) is 0 Å². The van der Waals surface area contributed by atoms with E-state index in [1.54, 1.807) is 10.7 Å². The number of carbonyl (C=O) groups excluding carboxylic acids is 1. The lowest BCUT2D eigenvalue weighted by atomic mass is 9.88. The van der Waals surface area contributed by atoms with Gasteiger partial charge in [0.15, 0.2) is 5.78 Å². The molecule has 0 aromatic carbocycles. The summed E-state index contributed by atoms with van der Waals surface area (Å²) in [5.74, 6) is 1.80. The van der Waals surface area contributed by atoms with E-state index in [0.29, 0.717) is 29.5 Å². The number of carbonyl (C=O) groups is 1. The Morgan fingerprint density at radius 1 is 1.38 bits per heavy atom. The number of nitrogens with zero attached hydrogens (tertiary/aromatic N) is 4. The molecule has 0 unspecified atom stereocenters. The summed E-state index contributed by atoms with van der Waals surface area (Å²) in [7, 11) is 0. The Hall–Kier alpha value is -1.78. The van der Waals surface area contributed by atoms with Crippen molar-refractivity contribution in [2.75, 3.05) is 0 Å². The number of Topliss-reactive ketones (excluding diaryl/α,β-unsaturated/α-hetero) is 1. The molecule has 1 aliphatic rings. The molecule has 0 amide bonds. The number of hydrogen-bond donors (Lipinski definition) is 0. The van der Waals surface area contributed by atoms with Crippen molar-refractivity contribution < 1.29 is 4.79 Å². The monoisotopic (exact) mass is 216 g/mol. The lowest BCUT2D eigenvalue weighted by Crippen LogP contribution is -2.20. The van der Waals surface area contributed by atoms with Gasteiger partial charge < -0.3 is 0 Å². The molecule has 0 fully saturated rings. The van der Waals surface area contributed by atoms with Crippen molar-refractivity contribution in [3.05, 3.63) is 23.3 Å². The summed E-state index contributed by atoms with van der Waals surface area (Å²) in [6.45, 7) is 3.89. The molecule has 1 atom stereocenters. The lowest BCUT2D eigenvalue weighted by molar-refractivity contribution is 0.0951. The zero-order valence-electron chi connectivity index (χ0n) is 9.27. The molecule has 0 aliphatic heterocycles. The zero-order valence-corrected chi connectivity index (χ0v) is 9.27. The minimum Gasteiger partial charge on any atom is -0.294 e. The highest BCUT2D eigenvalue weighted by Crippen LogP contribution is 2.23. The molecule has 5 nitrogen and oxygen atoms in total. The fourth-order valence-corrected chi connectivity index (χ4v) is 2.18. The maximum Gasteiger partial charge on any atom is 0.252 e. The molecule has 0 radical (unpaired) electrons. The Kier molecular flexibility index (Phi) is 1.83. The van der Waals surface area contributed by atoms with E-state index < -0.39 is 0 Å². The molecule has 2 heterocycles. The van der Waals surface area contributed by atoms with Crippen molar-refractivity contribution >= 4 is 11.6 Å². The Morgan fingerprint density at radius 2 is 2.19 bits per heavy atom. The van der Waals surface area contributed by atoms with Crippen LogP contribution >= 0.6 is 0 Å². The molecule has 0 spiro atoms. The van der Waals surface area contributed by atoms with Crippen molar-refractivity contribution in [3.8, 4) is 0 Å². The smallest absolute Gasteiger partial charge is 0.252 e. The summed E-state index contributed by atoms with van der Waals surface area (Å²) >= 11 is 0. The van der Waals surface area contributed by atoms with Crippen LogP contribution in [0.15, 0.2) is 6.20 Å². The minimum absolute atomic E-state index is 0.163. The van der Waals surface area contributed by atoms with Gasteiger partial charge in [-0.05, 0) is 19.3 Å². The molecule has 0 N–H and O–H groups in total. The molecule has 0 saturated carbocycles. The molecular formula is C11H12N4O. The molecule has 2 aromatic heterocycles. The molecule has 1 aliphatic carbocycles. The normalized spacial score (nSPS) is 20.1. The molecule has 5 heteroatoms. The molecule has 0 saturated heterocycles. The molecule has 0 bridgehead atoms. The van der Waals surface area contributed by atoms with E-state index in [0.717, 1.165) is 12.1 Å². The predicted molar refractivity (Wildman–Crippen MR) is 57.3 cm³/mol. The topological polar surface area (TPSA) is 60.1 Å². The maximum absolute atomic E-state index is 11.8. The van der Waals surface area contributed by atoms with E-state index in [2.05, 4.69) is 22.0 Å². The van der Waals surface area contributed by atoms with Gasteiger partial charge in [0.05, 0.1) is 11.3 Å². The van der Waals surface area contributed by atoms with E-state index in [9.17, 15) is 4.79 Å². The number of hydrogen-bond acceptors (Lipinski definition) is 4. The third-order valence-electron chi connectivity index (χ3n) is 2.89. The first-order valence-electron chi connectivity index (χ1n) is 5.39. The van der Waals surface area contributed by atoms with Crippen molar-refractivity contribution in [2.45, 2.75) is 26.7 Å². The van der Waals surface area contributed by atoms with Crippen LogP contribution in [0.1, 0.15) is 35.2 Å². The predicted octanol–water partition coefficient (Wildman–Crippen LogP) is 1.20. The van der Waals surface area contributed by atoms with Gasteiger partial charge in [-0.2, -0.15) is 10.1 Å². The number of ketones is 1. The van der Waals surface area contributed by atoms with Crippen LogP contribution in [0, 0.1) is 12.8 Å². The standard InChI is InChI=1S/C11H12N4O/c1-6-3-9-8(10(16)4-6)5-15-11(13-9)12-7(2)14-15/h5-6H,3-4H2,1-2H3/t6-/m0/s1. The van der Waals surface area contributed by atoms with Gasteiger partial charge in [0.1, 0.15) is 5.82 Å². The number of rotatable bonds is 0. The van der Waals surface area contributed by atoms with E-state index in [4.69, 9.17) is 0 Å². The SMILES string of the molecule is Cc1nc2nc3c(cn2n1)C(=O)C[C@@H](C)C3. The van der Waals surface area contributed by atoms with Crippen LogP contribution in [0.25, 0.3) is 5.78 Å². The summed E-state index contributed by atoms with van der Waals surface area (Å²) in [6.07, 6.45) is 3.21. The minimum atomic E-state index is 0.163. The van der Waals surface area contributed by atoms with E-state index >= 15 is 0 Å². The molecular weight excluding hydrogens is 204 g/mol. The highest BCUT2D eigenvalue weighted by atomic mass is 16.1. The van der Waals surface area contributed by atoms with E-state index in [1.165, 1.54) is 0 Å². The quantitative estimate of drug-likeness (QED) is 0.663. The van der Waals surface area contributed by atoms with Gasteiger partial charge in [0, 0.05) is 12.6 Å². The number of aryl methyl sites for hydroxylation is 1. The maximum atomic E-state index is 11.8. The fourth-order valence-electron chi connectivity index (χ4n) is 2.18. The van der Waals surface area contributed by atoms with Crippen LogP contribution in [0.4, 0.5) is 0 Å². The first-order valence-corrected chi connectivity index (χ1v) is 5.39. The van der Waals surface area contributed by atoms with Crippen LogP contribution < -0.4 is 0 Å². The third kappa shape index (κ3) is 1.31. The Bertz CT molecular complexity index is 587. The summed E-state index contributed by atoms with van der Waals surface area (Å²) in [4.78, 5) is 20.5.